The van der Waals surface area contributed by atoms with Crippen LogP contribution in [0.1, 0.15) is 12.5 Å². The second kappa shape index (κ2) is 6.60. The first-order valence-electron chi connectivity index (χ1n) is 4.33. The van der Waals surface area contributed by atoms with Crippen LogP contribution in [0.2, 0.25) is 0 Å². The molecule has 0 bridgehead atoms. The molecule has 0 saturated heterocycles. The zero-order chi connectivity index (χ0) is 11.3. The monoisotopic (exact) mass is 350 g/mol. The van der Waals surface area contributed by atoms with Crippen molar-refractivity contribution in [1.82, 2.24) is 0 Å². The van der Waals surface area contributed by atoms with E-state index in [1.807, 2.05) is 12.1 Å². The van der Waals surface area contributed by atoms with Crippen molar-refractivity contribution in [1.29, 1.82) is 0 Å². The van der Waals surface area contributed by atoms with Crippen LogP contribution < -0.4 is 0 Å². The Hall–Kier alpha value is 0.0600. The van der Waals surface area contributed by atoms with Gasteiger partial charge in [0, 0.05) is 31.9 Å². The van der Waals surface area contributed by atoms with Gasteiger partial charge in [0.2, 0.25) is 5.12 Å². The fourth-order valence-electron chi connectivity index (χ4n) is 0.955. The molecule has 1 aromatic carbocycles. The predicted octanol–water partition coefficient (Wildman–Crippen LogP) is 4.46. The number of hydrogen-bond donors (Lipinski definition) is 0. The molecular weight excluding hydrogens is 339 g/mol. The summed E-state index contributed by atoms with van der Waals surface area (Å²) in [5.74, 6) is 0.719. The van der Waals surface area contributed by atoms with Crippen LogP contribution in [-0.4, -0.2) is 5.12 Å². The molecule has 0 amide bonds. The molecular formula is C11H11IOS2. The molecule has 15 heavy (non-hydrogen) atoms. The van der Waals surface area contributed by atoms with Crippen LogP contribution in [-0.2, 0) is 10.5 Å². The minimum Gasteiger partial charge on any atom is -0.282 e. The van der Waals surface area contributed by atoms with E-state index in [-0.39, 0.29) is 5.12 Å². The van der Waals surface area contributed by atoms with E-state index in [1.54, 1.807) is 15.9 Å². The van der Waals surface area contributed by atoms with Gasteiger partial charge in [-0.15, -0.1) is 0 Å². The number of benzene rings is 1. The molecule has 0 aliphatic heterocycles. The van der Waals surface area contributed by atoms with Gasteiger partial charge in [-0.25, -0.2) is 0 Å². The predicted molar refractivity (Wildman–Crippen MR) is 77.4 cm³/mol. The Morgan fingerprint density at radius 2 is 2.27 bits per heavy atom. The maximum Gasteiger partial charge on any atom is 0.214 e. The van der Waals surface area contributed by atoms with Gasteiger partial charge >= 0.3 is 0 Å². The van der Waals surface area contributed by atoms with E-state index in [1.165, 1.54) is 22.2 Å². The van der Waals surface area contributed by atoms with E-state index in [0.29, 0.717) is 5.57 Å². The highest BCUT2D eigenvalue weighted by molar-refractivity contribution is 14.2. The maximum absolute atomic E-state index is 11.3. The molecule has 0 unspecified atom stereocenters. The molecule has 4 heteroatoms. The van der Waals surface area contributed by atoms with Crippen molar-refractivity contribution < 1.29 is 4.79 Å². The zero-order valence-electron chi connectivity index (χ0n) is 8.33. The van der Waals surface area contributed by atoms with Gasteiger partial charge in [0.05, 0.1) is 0 Å². The van der Waals surface area contributed by atoms with Crippen molar-refractivity contribution in [3.05, 3.63) is 42.0 Å². The first kappa shape index (κ1) is 13.1. The summed E-state index contributed by atoms with van der Waals surface area (Å²) in [6, 6.07) is 8.22. The Balaban J connectivity index is 2.57. The van der Waals surface area contributed by atoms with Crippen LogP contribution in [0.4, 0.5) is 0 Å². The van der Waals surface area contributed by atoms with Gasteiger partial charge < -0.3 is 0 Å². The van der Waals surface area contributed by atoms with Crippen molar-refractivity contribution in [3.63, 3.8) is 0 Å². The molecule has 1 aromatic rings. The normalized spacial score (nSPS) is 10.0. The molecule has 1 nitrogen and oxygen atoms in total. The Morgan fingerprint density at radius 3 is 2.87 bits per heavy atom. The zero-order valence-corrected chi connectivity index (χ0v) is 12.1. The molecule has 0 aromatic heterocycles. The van der Waals surface area contributed by atoms with Gasteiger partial charge in [-0.1, -0.05) is 39.4 Å². The summed E-state index contributed by atoms with van der Waals surface area (Å²) in [6.45, 7) is 5.37. The lowest BCUT2D eigenvalue weighted by atomic mass is 10.2. The van der Waals surface area contributed by atoms with Gasteiger partial charge in [-0.3, -0.25) is 4.79 Å². The van der Waals surface area contributed by atoms with Crippen molar-refractivity contribution in [2.45, 2.75) is 17.6 Å². The summed E-state index contributed by atoms with van der Waals surface area (Å²) in [5, 5.41) is 0.0718. The number of carbonyl (C=O) groups excluding carboxylic acids is 1. The lowest BCUT2D eigenvalue weighted by molar-refractivity contribution is -0.107. The first-order valence-corrected chi connectivity index (χ1v) is 8.68. The number of carbonyl (C=O) groups is 1. The lowest BCUT2D eigenvalue weighted by Crippen LogP contribution is -1.92. The van der Waals surface area contributed by atoms with Gasteiger partial charge in [-0.05, 0) is 30.2 Å². The fraction of sp³-hybridized carbons (Fsp3) is 0.182. The molecule has 0 fully saturated rings. The highest BCUT2D eigenvalue weighted by Crippen LogP contribution is 2.27. The van der Waals surface area contributed by atoms with E-state index in [0.717, 1.165) is 5.75 Å². The smallest absolute Gasteiger partial charge is 0.214 e. The molecule has 0 heterocycles. The summed E-state index contributed by atoms with van der Waals surface area (Å²) in [6.07, 6.45) is 0. The van der Waals surface area contributed by atoms with Crippen molar-refractivity contribution in [2.24, 2.45) is 0 Å². The minimum absolute atomic E-state index is 0.0718. The second-order valence-electron chi connectivity index (χ2n) is 3.08. The summed E-state index contributed by atoms with van der Waals surface area (Å²) < 4.78 is 0. The average molecular weight is 350 g/mol. The number of rotatable bonds is 4. The number of thioether (sulfide) groups is 1. The molecule has 0 spiro atoms. The highest BCUT2D eigenvalue weighted by Gasteiger charge is 2.04. The Labute approximate surface area is 111 Å². The van der Waals surface area contributed by atoms with Crippen LogP contribution in [0, 0.1) is 0 Å². The molecule has 0 saturated carbocycles. The van der Waals surface area contributed by atoms with Crippen molar-refractivity contribution >= 4 is 47.0 Å². The summed E-state index contributed by atoms with van der Waals surface area (Å²) in [7, 11) is 1.68. The largest absolute Gasteiger partial charge is 0.282 e. The van der Waals surface area contributed by atoms with E-state index < -0.39 is 0 Å². The maximum atomic E-state index is 11.3. The summed E-state index contributed by atoms with van der Waals surface area (Å²) >= 11 is 3.56. The average Bonchev–Trinajstić information content (AvgIpc) is 2.26. The van der Waals surface area contributed by atoms with Crippen LogP contribution in [0.3, 0.4) is 0 Å². The third-order valence-corrected chi connectivity index (χ3v) is 4.75. The molecule has 1 rings (SSSR count). The summed E-state index contributed by atoms with van der Waals surface area (Å²) in [4.78, 5) is 12.5. The Bertz CT molecular complexity index is 377. The standard InChI is InChI=1S/C11H11IOS2/c1-8(2)11(13)14-7-9-4-3-5-10(6-9)15-12/h3-6H,1,7H2,2H3. The quantitative estimate of drug-likeness (QED) is 0.589. The van der Waals surface area contributed by atoms with E-state index in [4.69, 9.17) is 0 Å². The van der Waals surface area contributed by atoms with E-state index in [9.17, 15) is 4.79 Å². The highest BCUT2D eigenvalue weighted by atomic mass is 127. The first-order chi connectivity index (χ1) is 7.13. The Kier molecular flexibility index (Phi) is 5.78. The second-order valence-corrected chi connectivity index (χ2v) is 5.98. The van der Waals surface area contributed by atoms with E-state index in [2.05, 4.69) is 39.9 Å². The van der Waals surface area contributed by atoms with Gasteiger partial charge in [0.1, 0.15) is 0 Å². The minimum atomic E-state index is 0.0718. The van der Waals surface area contributed by atoms with Crippen LogP contribution in [0.25, 0.3) is 0 Å². The topological polar surface area (TPSA) is 17.1 Å². The van der Waals surface area contributed by atoms with Crippen LogP contribution in [0.5, 0.6) is 0 Å². The molecule has 0 radical (unpaired) electrons. The molecule has 0 atom stereocenters. The third-order valence-electron chi connectivity index (χ3n) is 1.71. The van der Waals surface area contributed by atoms with E-state index >= 15 is 0 Å². The third kappa shape index (κ3) is 4.61. The Morgan fingerprint density at radius 1 is 1.53 bits per heavy atom. The van der Waals surface area contributed by atoms with Crippen molar-refractivity contribution in [3.8, 4) is 0 Å². The summed E-state index contributed by atoms with van der Waals surface area (Å²) in [5.41, 5.74) is 1.79. The molecule has 0 N–H and O–H groups in total. The van der Waals surface area contributed by atoms with Gasteiger partial charge in [-0.2, -0.15) is 0 Å². The molecule has 0 aliphatic carbocycles. The van der Waals surface area contributed by atoms with Crippen LogP contribution in [0.15, 0.2) is 41.3 Å². The van der Waals surface area contributed by atoms with Crippen LogP contribution >= 0.6 is 41.9 Å². The fourth-order valence-corrected chi connectivity index (χ4v) is 2.83. The van der Waals surface area contributed by atoms with Gasteiger partial charge in [0.25, 0.3) is 0 Å². The number of halogens is 1. The lowest BCUT2D eigenvalue weighted by Gasteiger charge is -2.02. The van der Waals surface area contributed by atoms with Gasteiger partial charge in [0.15, 0.2) is 0 Å². The SMILES string of the molecule is C=C(C)C(=O)SCc1cccc(SI)c1. The molecule has 80 valence electrons. The molecule has 0 aliphatic rings. The van der Waals surface area contributed by atoms with Crippen molar-refractivity contribution in [2.75, 3.05) is 0 Å². The number of hydrogen-bond acceptors (Lipinski definition) is 3.